The summed E-state index contributed by atoms with van der Waals surface area (Å²) < 4.78 is 63.8. The Morgan fingerprint density at radius 2 is 1.74 bits per heavy atom. The van der Waals surface area contributed by atoms with Crippen molar-refractivity contribution in [2.24, 2.45) is 39.6 Å². The molecule has 7 atom stereocenters. The Morgan fingerprint density at radius 1 is 0.980 bits per heavy atom. The number of amides is 1. The van der Waals surface area contributed by atoms with Gasteiger partial charge >= 0.3 is 5.63 Å². The lowest BCUT2D eigenvalue weighted by atomic mass is 9.43. The van der Waals surface area contributed by atoms with Crippen LogP contribution in [0.4, 0.5) is 28.9 Å². The van der Waals surface area contributed by atoms with Crippen LogP contribution in [0, 0.1) is 57.8 Å². The van der Waals surface area contributed by atoms with E-state index < -0.39 is 51.6 Å². The van der Waals surface area contributed by atoms with Crippen molar-refractivity contribution in [1.29, 1.82) is 0 Å². The zero-order chi connectivity index (χ0) is 35.3. The maximum Gasteiger partial charge on any atom is 0.341 e. The minimum absolute atomic E-state index is 0.0225. The van der Waals surface area contributed by atoms with E-state index in [-0.39, 0.29) is 22.1 Å². The van der Waals surface area contributed by atoms with Gasteiger partial charge in [0.2, 0.25) is 0 Å². The number of Topliss-reactive ketones (excluding diaryl/α,β-unsaturated/α-hetero) is 1. The van der Waals surface area contributed by atoms with E-state index in [1.807, 2.05) is 0 Å². The van der Waals surface area contributed by atoms with E-state index in [4.69, 9.17) is 9.95 Å². The van der Waals surface area contributed by atoms with Crippen molar-refractivity contribution in [2.45, 2.75) is 83.6 Å². The van der Waals surface area contributed by atoms with Crippen molar-refractivity contribution in [1.82, 2.24) is 5.32 Å². The molecule has 3 aromatic rings. The van der Waals surface area contributed by atoms with Crippen molar-refractivity contribution >= 4 is 34.0 Å². The summed E-state index contributed by atoms with van der Waals surface area (Å²) in [5, 5.41) is 9.26. The molecule has 2 N–H and O–H groups in total. The number of benzene rings is 2. The number of hydrogen-bond donors (Lipinski definition) is 2. The fraction of sp³-hybridized carbons (Fsp3) is 0.541. The largest absolute Gasteiger partial charge is 0.422 e. The van der Waals surface area contributed by atoms with Crippen molar-refractivity contribution in [3.63, 3.8) is 0 Å². The van der Waals surface area contributed by atoms with E-state index in [0.29, 0.717) is 59.8 Å². The third-order valence-corrected chi connectivity index (χ3v) is 13.7. The normalized spacial score (nSPS) is 32.9. The molecule has 262 valence electrons. The predicted octanol–water partition coefficient (Wildman–Crippen LogP) is 8.50. The first kappa shape index (κ1) is 33.0. The molecule has 9 nitrogen and oxygen atoms in total. The molecule has 0 radical (unpaired) electrons. The Kier molecular flexibility index (Phi) is 7.51. The highest BCUT2D eigenvalue weighted by molar-refractivity contribution is 6.05. The van der Waals surface area contributed by atoms with Gasteiger partial charge in [-0.3, -0.25) is 9.59 Å². The monoisotopic (exact) mass is 691 g/mol. The SMILES string of the molecule is C[C@]12CC[C@]3(C[C@@H]1CC[C@@H]1[C@@H]2CC[C@]2(C)C(=O)CC[C@@H]12)NCCc1c3c(=O)oc2cc(NC(=O)c3c(F)c(F)c(N=[N+]=[N-])c(F)c3F)ccc12. The lowest BCUT2D eigenvalue weighted by Crippen LogP contribution is -2.60. The molecule has 4 aliphatic carbocycles. The lowest BCUT2D eigenvalue weighted by molar-refractivity contribution is -0.142. The van der Waals surface area contributed by atoms with Gasteiger partial charge in [0.05, 0.1) is 11.1 Å². The second kappa shape index (κ2) is 11.4. The average Bonchev–Trinajstić information content (AvgIpc) is 3.40. The van der Waals surface area contributed by atoms with Gasteiger partial charge in [-0.05, 0) is 110 Å². The number of nitrogens with one attached hydrogen (secondary N) is 2. The molecule has 2 aromatic carbocycles. The number of rotatable bonds is 3. The Morgan fingerprint density at radius 3 is 2.48 bits per heavy atom. The Balaban J connectivity index is 1.08. The van der Waals surface area contributed by atoms with E-state index >= 15 is 0 Å². The number of azide groups is 1. The molecular weight excluding hydrogens is 654 g/mol. The molecule has 4 fully saturated rings. The maximum atomic E-state index is 14.6. The minimum atomic E-state index is -2.02. The van der Waals surface area contributed by atoms with Crippen LogP contribution < -0.4 is 16.3 Å². The van der Waals surface area contributed by atoms with Gasteiger partial charge < -0.3 is 15.1 Å². The van der Waals surface area contributed by atoms with Crippen molar-refractivity contribution in [3.05, 3.63) is 79.0 Å². The first-order chi connectivity index (χ1) is 23.8. The number of carbonyl (C=O) groups is 2. The number of fused-ring (bicyclic) bond motifs is 9. The highest BCUT2D eigenvalue weighted by Gasteiger charge is 2.62. The van der Waals surface area contributed by atoms with Gasteiger partial charge in [-0.25, -0.2) is 22.4 Å². The molecule has 1 amide bonds. The van der Waals surface area contributed by atoms with Crippen LogP contribution in [0.15, 0.2) is 32.5 Å². The van der Waals surface area contributed by atoms with Gasteiger partial charge in [0.25, 0.3) is 5.91 Å². The number of carbonyl (C=O) groups excluding carboxylic acids is 2. The number of halogens is 4. The summed E-state index contributed by atoms with van der Waals surface area (Å²) in [6, 6.07) is 4.46. The Labute approximate surface area is 284 Å². The Hall–Kier alpha value is -4.22. The first-order valence-corrected chi connectivity index (χ1v) is 17.4. The summed E-state index contributed by atoms with van der Waals surface area (Å²) in [6.07, 6.45) is 9.04. The molecule has 4 saturated carbocycles. The molecule has 5 aliphatic rings. The lowest BCUT2D eigenvalue weighted by Gasteiger charge is -2.62. The number of nitrogens with zero attached hydrogens (tertiary/aromatic N) is 3. The number of anilines is 1. The summed E-state index contributed by atoms with van der Waals surface area (Å²) in [5.74, 6) is -7.10. The van der Waals surface area contributed by atoms with E-state index in [0.717, 1.165) is 56.9 Å². The average molecular weight is 692 g/mol. The third kappa shape index (κ3) is 4.54. The quantitative estimate of drug-likeness (QED) is 0.0709. The Bertz CT molecular complexity index is 2090. The molecule has 0 unspecified atom stereocenters. The second-order valence-electron chi connectivity index (χ2n) is 15.6. The van der Waals surface area contributed by atoms with Gasteiger partial charge in [0, 0.05) is 40.4 Å². The summed E-state index contributed by atoms with van der Waals surface area (Å²) in [4.78, 5) is 41.7. The van der Waals surface area contributed by atoms with Crippen LogP contribution in [0.5, 0.6) is 0 Å². The van der Waals surface area contributed by atoms with Gasteiger partial charge in [0.15, 0.2) is 23.3 Å². The fourth-order valence-electron chi connectivity index (χ4n) is 11.2. The van der Waals surface area contributed by atoms with E-state index in [1.54, 1.807) is 6.07 Å². The number of ketones is 1. The van der Waals surface area contributed by atoms with E-state index in [1.165, 1.54) is 12.1 Å². The second-order valence-corrected chi connectivity index (χ2v) is 15.6. The molecule has 1 spiro atoms. The van der Waals surface area contributed by atoms with Gasteiger partial charge in [0.1, 0.15) is 22.6 Å². The zero-order valence-electron chi connectivity index (χ0n) is 27.8. The molecule has 1 aliphatic heterocycles. The minimum Gasteiger partial charge on any atom is -0.422 e. The van der Waals surface area contributed by atoms with Crippen LogP contribution in [0.1, 0.15) is 93.1 Å². The van der Waals surface area contributed by atoms with Crippen LogP contribution in [-0.2, 0) is 16.8 Å². The zero-order valence-corrected chi connectivity index (χ0v) is 27.8. The molecule has 2 heterocycles. The molecule has 13 heteroatoms. The first-order valence-electron chi connectivity index (χ1n) is 17.4. The molecule has 50 heavy (non-hydrogen) atoms. The van der Waals surface area contributed by atoms with Gasteiger partial charge in [-0.1, -0.05) is 19.0 Å². The van der Waals surface area contributed by atoms with Gasteiger partial charge in [-0.15, -0.1) is 0 Å². The number of hydrogen-bond acceptors (Lipinski definition) is 6. The van der Waals surface area contributed by atoms with Crippen LogP contribution in [0.3, 0.4) is 0 Å². The maximum absolute atomic E-state index is 14.6. The van der Waals surface area contributed by atoms with Crippen LogP contribution in [0.2, 0.25) is 0 Å². The standard InChI is InChI=1S/C37H37F4N5O4/c1-35-12-13-37(16-17(35)3-5-21-22-7-8-25(47)36(22,2)11-9-23(21)35)27-20(10-14-43-37)19-6-4-18(15-24(19)50-34(27)49)44-33(48)26-28(38)30(40)32(45-46-42)31(41)29(26)39/h4,6,15,17,21-23,43H,3,5,7-14,16H2,1-2H3,(H,44,48)/t17-,21-,22-,23-,35-,36-,37+/m0/s1. The van der Waals surface area contributed by atoms with Crippen molar-refractivity contribution in [3.8, 4) is 0 Å². The van der Waals surface area contributed by atoms with E-state index in [9.17, 15) is 31.9 Å². The summed E-state index contributed by atoms with van der Waals surface area (Å²) in [7, 11) is 0. The highest BCUT2D eigenvalue weighted by Crippen LogP contribution is 2.67. The van der Waals surface area contributed by atoms with Crippen LogP contribution in [-0.4, -0.2) is 18.2 Å². The highest BCUT2D eigenvalue weighted by atomic mass is 19.2. The predicted molar refractivity (Wildman–Crippen MR) is 176 cm³/mol. The molecular formula is C37H37F4N5O4. The topological polar surface area (TPSA) is 137 Å². The van der Waals surface area contributed by atoms with Crippen molar-refractivity contribution in [2.75, 3.05) is 11.9 Å². The van der Waals surface area contributed by atoms with Crippen LogP contribution in [0.25, 0.3) is 21.4 Å². The molecule has 8 rings (SSSR count). The molecule has 0 bridgehead atoms. The summed E-state index contributed by atoms with van der Waals surface area (Å²) >= 11 is 0. The molecule has 1 aromatic heterocycles. The smallest absolute Gasteiger partial charge is 0.341 e. The van der Waals surface area contributed by atoms with Crippen molar-refractivity contribution < 1.29 is 31.6 Å². The van der Waals surface area contributed by atoms with Crippen LogP contribution >= 0.6 is 0 Å². The van der Waals surface area contributed by atoms with Gasteiger partial charge in [-0.2, -0.15) is 0 Å². The summed E-state index contributed by atoms with van der Waals surface area (Å²) in [5.41, 5.74) is 5.93. The third-order valence-electron chi connectivity index (χ3n) is 13.7. The molecule has 0 saturated heterocycles. The van der Waals surface area contributed by atoms with E-state index in [2.05, 4.69) is 34.5 Å². The summed E-state index contributed by atoms with van der Waals surface area (Å²) in [6.45, 7) is 5.30. The fourth-order valence-corrected chi connectivity index (χ4v) is 11.2.